The highest BCUT2D eigenvalue weighted by atomic mass is 32.2. The zero-order chi connectivity index (χ0) is 18.6. The summed E-state index contributed by atoms with van der Waals surface area (Å²) in [7, 11) is 0. The van der Waals surface area contributed by atoms with Gasteiger partial charge in [0, 0.05) is 5.75 Å². The molecule has 0 unspecified atom stereocenters. The molecule has 0 amide bonds. The highest BCUT2D eigenvalue weighted by Gasteiger charge is 2.13. The molecule has 0 aliphatic carbocycles. The maximum atomic E-state index is 13.2. The van der Waals surface area contributed by atoms with E-state index < -0.39 is 0 Å². The number of hydrogen-bond donors (Lipinski definition) is 0. The van der Waals surface area contributed by atoms with E-state index >= 15 is 0 Å². The molecule has 4 rings (SSSR count). The van der Waals surface area contributed by atoms with E-state index in [0.717, 1.165) is 5.56 Å². The smallest absolute Gasteiger partial charge is 0.266 e. The summed E-state index contributed by atoms with van der Waals surface area (Å²) in [5.41, 5.74) is 2.99. The lowest BCUT2D eigenvalue weighted by molar-refractivity contribution is 0.819. The molecule has 0 bridgehead atoms. The molecule has 1 aromatic heterocycles. The second-order valence-electron chi connectivity index (χ2n) is 5.99. The highest BCUT2D eigenvalue weighted by molar-refractivity contribution is 7.98. The van der Waals surface area contributed by atoms with E-state index in [9.17, 15) is 4.79 Å². The molecule has 5 heteroatoms. The van der Waals surface area contributed by atoms with Crippen molar-refractivity contribution in [2.75, 3.05) is 0 Å². The van der Waals surface area contributed by atoms with Gasteiger partial charge in [-0.3, -0.25) is 9.36 Å². The Hall–Kier alpha value is -3.36. The quantitative estimate of drug-likeness (QED) is 0.391. The molecule has 0 aliphatic rings. The van der Waals surface area contributed by atoms with Gasteiger partial charge in [-0.05, 0) is 42.0 Å². The summed E-state index contributed by atoms with van der Waals surface area (Å²) in [5, 5.41) is 10.2. The maximum absolute atomic E-state index is 13.2. The fraction of sp³-hybridized carbons (Fsp3) is 0.0455. The van der Waals surface area contributed by atoms with Crippen molar-refractivity contribution < 1.29 is 0 Å². The number of hydrogen-bond acceptors (Lipinski definition) is 4. The van der Waals surface area contributed by atoms with Crippen LogP contribution in [0.1, 0.15) is 11.1 Å². The Bertz CT molecular complexity index is 1190. The maximum Gasteiger partial charge on any atom is 0.266 e. The summed E-state index contributed by atoms with van der Waals surface area (Å²) in [6.07, 6.45) is 0. The Kier molecular flexibility index (Phi) is 4.73. The van der Waals surface area contributed by atoms with Crippen molar-refractivity contribution in [3.8, 4) is 11.8 Å². The van der Waals surface area contributed by atoms with Crippen LogP contribution in [0.15, 0.2) is 88.8 Å². The molecule has 4 nitrogen and oxygen atoms in total. The van der Waals surface area contributed by atoms with Crippen LogP contribution in [-0.4, -0.2) is 9.55 Å². The van der Waals surface area contributed by atoms with Crippen LogP contribution in [0.2, 0.25) is 0 Å². The lowest BCUT2D eigenvalue weighted by atomic mass is 10.2. The number of para-hydroxylation sites is 1. The topological polar surface area (TPSA) is 58.7 Å². The van der Waals surface area contributed by atoms with Crippen LogP contribution >= 0.6 is 11.8 Å². The SMILES string of the molecule is N#Cc1ccc(-n2c(SCc3ccccc3)nc3ccccc3c2=O)cc1. The predicted octanol–water partition coefficient (Wildman–Crippen LogP) is 4.55. The molecular weight excluding hydrogens is 354 g/mol. The highest BCUT2D eigenvalue weighted by Crippen LogP contribution is 2.24. The monoisotopic (exact) mass is 369 g/mol. The largest absolute Gasteiger partial charge is 0.268 e. The Labute approximate surface area is 160 Å². The van der Waals surface area contributed by atoms with Gasteiger partial charge in [0.25, 0.3) is 5.56 Å². The van der Waals surface area contributed by atoms with Crippen LogP contribution in [-0.2, 0) is 5.75 Å². The second kappa shape index (κ2) is 7.48. The van der Waals surface area contributed by atoms with Crippen LogP contribution < -0.4 is 5.56 Å². The zero-order valence-corrected chi connectivity index (χ0v) is 15.2. The third kappa shape index (κ3) is 3.48. The average Bonchev–Trinajstić information content (AvgIpc) is 2.73. The lowest BCUT2D eigenvalue weighted by Gasteiger charge is -2.13. The van der Waals surface area contributed by atoms with E-state index in [0.29, 0.717) is 33.1 Å². The third-order valence-corrected chi connectivity index (χ3v) is 5.22. The predicted molar refractivity (Wildman–Crippen MR) is 108 cm³/mol. The van der Waals surface area contributed by atoms with Gasteiger partial charge >= 0.3 is 0 Å². The molecule has 0 saturated heterocycles. The van der Waals surface area contributed by atoms with E-state index in [4.69, 9.17) is 10.2 Å². The number of nitriles is 1. The lowest BCUT2D eigenvalue weighted by Crippen LogP contribution is -2.21. The van der Waals surface area contributed by atoms with Gasteiger partial charge in [-0.1, -0.05) is 54.2 Å². The van der Waals surface area contributed by atoms with Gasteiger partial charge in [-0.25, -0.2) is 4.98 Å². The number of benzene rings is 3. The average molecular weight is 369 g/mol. The first-order chi connectivity index (χ1) is 13.3. The molecule has 0 N–H and O–H groups in total. The van der Waals surface area contributed by atoms with Crippen LogP contribution in [0.25, 0.3) is 16.6 Å². The summed E-state index contributed by atoms with van der Waals surface area (Å²) >= 11 is 1.52. The van der Waals surface area contributed by atoms with Crippen LogP contribution in [0.3, 0.4) is 0 Å². The normalized spacial score (nSPS) is 10.6. The molecule has 0 atom stereocenters. The minimum atomic E-state index is -0.110. The Balaban J connectivity index is 1.84. The molecule has 27 heavy (non-hydrogen) atoms. The van der Waals surface area contributed by atoms with Crippen LogP contribution in [0.5, 0.6) is 0 Å². The minimum Gasteiger partial charge on any atom is -0.268 e. The summed E-state index contributed by atoms with van der Waals surface area (Å²) in [4.78, 5) is 17.9. The van der Waals surface area contributed by atoms with Gasteiger partial charge in [0.1, 0.15) is 0 Å². The van der Waals surface area contributed by atoms with Crippen molar-refractivity contribution in [2.24, 2.45) is 0 Å². The zero-order valence-electron chi connectivity index (χ0n) is 14.4. The molecule has 4 aromatic rings. The van der Waals surface area contributed by atoms with E-state index in [-0.39, 0.29) is 5.56 Å². The van der Waals surface area contributed by atoms with Gasteiger partial charge < -0.3 is 0 Å². The van der Waals surface area contributed by atoms with Crippen molar-refractivity contribution in [3.63, 3.8) is 0 Å². The molecular formula is C22H15N3OS. The van der Waals surface area contributed by atoms with E-state index in [1.54, 1.807) is 34.9 Å². The van der Waals surface area contributed by atoms with Crippen LogP contribution in [0.4, 0.5) is 0 Å². The fourth-order valence-corrected chi connectivity index (χ4v) is 3.81. The summed E-state index contributed by atoms with van der Waals surface area (Å²) in [6, 6.07) is 26.5. The van der Waals surface area contributed by atoms with Gasteiger partial charge in [-0.2, -0.15) is 5.26 Å². The van der Waals surface area contributed by atoms with Crippen molar-refractivity contribution in [1.29, 1.82) is 5.26 Å². The number of nitrogens with zero attached hydrogens (tertiary/aromatic N) is 3. The van der Waals surface area contributed by atoms with Crippen molar-refractivity contribution >= 4 is 22.7 Å². The standard InChI is InChI=1S/C22H15N3OS/c23-14-16-10-12-18(13-11-16)25-21(26)19-8-4-5-9-20(19)24-22(25)27-15-17-6-2-1-3-7-17/h1-13H,15H2. The number of thioether (sulfide) groups is 1. The summed E-state index contributed by atoms with van der Waals surface area (Å²) < 4.78 is 1.62. The fourth-order valence-electron chi connectivity index (χ4n) is 2.84. The van der Waals surface area contributed by atoms with Gasteiger partial charge in [0.2, 0.25) is 0 Å². The minimum absolute atomic E-state index is 0.110. The van der Waals surface area contributed by atoms with Crippen molar-refractivity contribution in [2.45, 2.75) is 10.9 Å². The van der Waals surface area contributed by atoms with Crippen molar-refractivity contribution in [3.05, 3.63) is 100 Å². The molecule has 3 aromatic carbocycles. The molecule has 0 radical (unpaired) electrons. The Morgan fingerprint density at radius 2 is 1.63 bits per heavy atom. The number of fused-ring (bicyclic) bond motifs is 1. The van der Waals surface area contributed by atoms with E-state index in [2.05, 4.69) is 18.2 Å². The second-order valence-corrected chi connectivity index (χ2v) is 6.93. The molecule has 0 aliphatic heterocycles. The van der Waals surface area contributed by atoms with Crippen LogP contribution in [0, 0.1) is 11.3 Å². The Morgan fingerprint density at radius 3 is 2.37 bits per heavy atom. The molecule has 0 saturated carbocycles. The number of aromatic nitrogens is 2. The summed E-state index contributed by atoms with van der Waals surface area (Å²) in [5.74, 6) is 0.710. The number of rotatable bonds is 4. The Morgan fingerprint density at radius 1 is 0.926 bits per heavy atom. The van der Waals surface area contributed by atoms with Gasteiger partial charge in [0.15, 0.2) is 5.16 Å². The first kappa shape index (κ1) is 17.1. The van der Waals surface area contributed by atoms with E-state index in [1.165, 1.54) is 11.8 Å². The molecule has 130 valence electrons. The summed E-state index contributed by atoms with van der Waals surface area (Å²) in [6.45, 7) is 0. The first-order valence-corrected chi connectivity index (χ1v) is 9.44. The molecule has 0 spiro atoms. The molecule has 1 heterocycles. The molecule has 0 fully saturated rings. The van der Waals surface area contributed by atoms with Crippen molar-refractivity contribution in [1.82, 2.24) is 9.55 Å². The third-order valence-electron chi connectivity index (χ3n) is 4.21. The van der Waals surface area contributed by atoms with Gasteiger partial charge in [0.05, 0.1) is 28.2 Å². The van der Waals surface area contributed by atoms with E-state index in [1.807, 2.05) is 36.4 Å². The van der Waals surface area contributed by atoms with Gasteiger partial charge in [-0.15, -0.1) is 0 Å². The first-order valence-electron chi connectivity index (χ1n) is 8.45.